The molecule has 0 spiro atoms. The Morgan fingerprint density at radius 3 is 0.970 bits per heavy atom. The number of nitrogens with zero attached hydrogens (tertiary/aromatic N) is 5. The number of hydrogen-bond acceptors (Lipinski definition) is 27. The van der Waals surface area contributed by atoms with Gasteiger partial charge >= 0.3 is 28.4 Å². The van der Waals surface area contributed by atoms with Gasteiger partial charge < -0.3 is 81.7 Å². The van der Waals surface area contributed by atoms with E-state index in [1.165, 1.54) is 53.8 Å². The van der Waals surface area contributed by atoms with Gasteiger partial charge in [-0.15, -0.1) is 0 Å². The molecule has 0 amide bonds. The van der Waals surface area contributed by atoms with Crippen LogP contribution in [0.5, 0.6) is 0 Å². The van der Waals surface area contributed by atoms with Crippen molar-refractivity contribution in [2.75, 3.05) is 85.3 Å². The number of nitrogens with one attached hydrogen (secondary N) is 5. The van der Waals surface area contributed by atoms with Crippen LogP contribution >= 0.6 is 51.2 Å². The summed E-state index contributed by atoms with van der Waals surface area (Å²) in [6, 6.07) is 0. The monoisotopic (exact) mass is 1610 g/mol. The zero-order chi connectivity index (χ0) is 75.3. The topological polar surface area (TPSA) is 518 Å². The standard InChI is InChI=1S/C12H18IN2O5P.2C12H19N2O6P.C10H14N2O5.C9H10N2O3.C3H9O2P/c1-7-5-15(12(17)14-10(7)16)9-4-8(13)11(20-9)19-6-21(2,3)18;2*1-7-5-14(12(17)13-10(7)16)9-4-8(15)11(20-9)19-6-21(2,3)18;1-5-3-12(10(16)11-9(5)15)8-2-6(14)7(4-13)17-8;1-6-5-11(7-3-2-4-14-7)9(13)10-8(6)12;1-6(2,5)3-4/h5,8-9,11H,4,6H2,1-3H3,(H,14,16,17);2*5,8-9,11,15H,4,6H2,1-3H3,(H,13,16,17);3,6-8,13-14H,2,4H2,1H3,(H,11,15,16);2,4-5,7H,3H2,1H3,(H,10,12,13);4H,3H2,1-2H3/t2*8-,9+,11-;8-,9-,11+;6-,7+,8+;7-;/m11010./s1. The average molecular weight is 1610 g/mol. The van der Waals surface area contributed by atoms with Gasteiger partial charge in [0.1, 0.15) is 90.8 Å². The highest BCUT2D eigenvalue weighted by Gasteiger charge is 2.40. The number of rotatable bonds is 16. The minimum absolute atomic E-state index is 0.0129. The van der Waals surface area contributed by atoms with E-state index in [2.05, 4.69) is 47.5 Å². The first-order valence-electron chi connectivity index (χ1n) is 30.7. The van der Waals surface area contributed by atoms with Crippen LogP contribution in [-0.2, 0) is 56.2 Å². The zero-order valence-corrected chi connectivity index (χ0v) is 63.0. The molecule has 0 aromatic carbocycles. The molecule has 5 aliphatic heterocycles. The fourth-order valence-electron chi connectivity index (χ4n) is 9.18. The van der Waals surface area contributed by atoms with E-state index in [1.54, 1.807) is 94.2 Å². The smallest absolute Gasteiger partial charge is 0.331 e. The van der Waals surface area contributed by atoms with Crippen molar-refractivity contribution in [3.8, 4) is 0 Å². The molecule has 5 aromatic heterocycles. The van der Waals surface area contributed by atoms with Crippen LogP contribution < -0.4 is 56.2 Å². The quantitative estimate of drug-likeness (QED) is 0.0373. The lowest BCUT2D eigenvalue weighted by Gasteiger charge is -2.18. The second-order valence-corrected chi connectivity index (χ2v) is 41.0. The minimum atomic E-state index is -2.39. The lowest BCUT2D eigenvalue weighted by Crippen LogP contribution is -2.33. The predicted octanol–water partition coefficient (Wildman–Crippen LogP) is 0.908. The summed E-state index contributed by atoms with van der Waals surface area (Å²) in [5.41, 5.74) is -2.79. The normalized spacial score (nSPS) is 24.8. The Morgan fingerprint density at radius 2 is 0.700 bits per heavy atom. The van der Waals surface area contributed by atoms with E-state index in [9.17, 15) is 81.5 Å². The molecule has 13 atom stereocenters. The van der Waals surface area contributed by atoms with Gasteiger partial charge in [-0.2, -0.15) is 0 Å². The van der Waals surface area contributed by atoms with Crippen molar-refractivity contribution < 1.29 is 81.7 Å². The fraction of sp³-hybridized carbons (Fsp3) is 0.621. The molecule has 5 aromatic rings. The van der Waals surface area contributed by atoms with Gasteiger partial charge in [0.25, 0.3) is 27.8 Å². The Hall–Kier alpha value is -5.89. The maximum Gasteiger partial charge on any atom is 0.331 e. The maximum absolute atomic E-state index is 11.8. The number of aromatic nitrogens is 10. The Morgan fingerprint density at radius 1 is 0.430 bits per heavy atom. The number of aliphatic hydroxyl groups is 5. The predicted molar refractivity (Wildman–Crippen MR) is 374 cm³/mol. The van der Waals surface area contributed by atoms with Crippen LogP contribution in [0.2, 0.25) is 0 Å². The number of aromatic amines is 5. The molecule has 0 radical (unpaired) electrons. The minimum Gasteiger partial charge on any atom is -0.478 e. The molecule has 560 valence electrons. The molecule has 0 saturated carbocycles. The van der Waals surface area contributed by atoms with Crippen molar-refractivity contribution in [2.24, 2.45) is 0 Å². The summed E-state index contributed by atoms with van der Waals surface area (Å²) >= 11 is 2.19. The number of hydrogen-bond donors (Lipinski definition) is 10. The Balaban J connectivity index is 0.000000222. The van der Waals surface area contributed by atoms with Gasteiger partial charge in [-0.3, -0.25) is 71.7 Å². The second-order valence-electron chi connectivity index (χ2n) is 25.8. The van der Waals surface area contributed by atoms with Crippen LogP contribution in [0.1, 0.15) is 91.1 Å². The first-order valence-corrected chi connectivity index (χ1v) is 43.1. The Bertz CT molecular complexity index is 4210. The van der Waals surface area contributed by atoms with Gasteiger partial charge in [-0.25, -0.2) is 24.0 Å². The fourth-order valence-corrected chi connectivity index (χ4v) is 11.5. The van der Waals surface area contributed by atoms with Gasteiger partial charge in [-0.1, -0.05) is 22.6 Å². The molecular formula is C58H89IN10O27P4. The summed E-state index contributed by atoms with van der Waals surface area (Å²) in [4.78, 5) is 126. The Labute approximate surface area is 583 Å². The Kier molecular flexibility index (Phi) is 30.9. The van der Waals surface area contributed by atoms with E-state index in [0.29, 0.717) is 40.7 Å². The molecule has 10 heterocycles. The number of H-pyrrole nitrogens is 5. The van der Waals surface area contributed by atoms with Gasteiger partial charge in [0.2, 0.25) is 0 Å². The van der Waals surface area contributed by atoms with Crippen LogP contribution in [0, 0.1) is 34.6 Å². The van der Waals surface area contributed by atoms with E-state index in [1.807, 2.05) is 6.08 Å². The van der Waals surface area contributed by atoms with Crippen molar-refractivity contribution in [2.45, 2.75) is 145 Å². The third-order valence-corrected chi connectivity index (χ3v) is 18.5. The van der Waals surface area contributed by atoms with E-state index in [-0.39, 0.29) is 67.0 Å². The van der Waals surface area contributed by atoms with E-state index in [0.717, 1.165) is 0 Å². The van der Waals surface area contributed by atoms with Crippen molar-refractivity contribution in [1.29, 1.82) is 0 Å². The molecule has 100 heavy (non-hydrogen) atoms. The molecule has 4 saturated heterocycles. The number of ether oxygens (including phenoxy) is 8. The second kappa shape index (κ2) is 36.5. The van der Waals surface area contributed by atoms with Crippen LogP contribution in [0.25, 0.3) is 0 Å². The average Bonchev–Trinajstić information content (AvgIpc) is 1.62. The molecule has 0 bridgehead atoms. The third-order valence-electron chi connectivity index (χ3n) is 14.4. The van der Waals surface area contributed by atoms with Gasteiger partial charge in [0.15, 0.2) is 25.1 Å². The highest BCUT2D eigenvalue weighted by Crippen LogP contribution is 2.42. The van der Waals surface area contributed by atoms with Gasteiger partial charge in [-0.05, 0) is 94.0 Å². The maximum atomic E-state index is 11.8. The first kappa shape index (κ1) is 84.8. The van der Waals surface area contributed by atoms with Crippen molar-refractivity contribution in [3.63, 3.8) is 0 Å². The number of halogens is 1. The van der Waals surface area contributed by atoms with Crippen molar-refractivity contribution in [3.05, 3.63) is 175 Å². The molecular weight excluding hydrogens is 1520 g/mol. The zero-order valence-electron chi connectivity index (χ0n) is 57.2. The van der Waals surface area contributed by atoms with Crippen LogP contribution in [-0.4, -0.2) is 206 Å². The van der Waals surface area contributed by atoms with Gasteiger partial charge in [0, 0.05) is 90.9 Å². The highest BCUT2D eigenvalue weighted by atomic mass is 127. The third kappa shape index (κ3) is 25.8. The number of aryl methyl sites for hydroxylation is 5. The van der Waals surface area contributed by atoms with Gasteiger partial charge in [0.05, 0.1) is 29.2 Å². The van der Waals surface area contributed by atoms with E-state index < -0.39 is 147 Å². The molecule has 4 fully saturated rings. The molecule has 10 N–H and O–H groups in total. The van der Waals surface area contributed by atoms with Crippen LogP contribution in [0.4, 0.5) is 0 Å². The van der Waals surface area contributed by atoms with Crippen molar-refractivity contribution >= 4 is 51.2 Å². The summed E-state index contributed by atoms with van der Waals surface area (Å²) in [7, 11) is -9.15. The number of aliphatic hydroxyl groups excluding tert-OH is 5. The molecule has 42 heteroatoms. The molecule has 10 rings (SSSR count). The molecule has 0 unspecified atom stereocenters. The summed E-state index contributed by atoms with van der Waals surface area (Å²) in [5, 5.41) is 46.5. The molecule has 5 aliphatic rings. The lowest BCUT2D eigenvalue weighted by atomic mass is 10.2. The lowest BCUT2D eigenvalue weighted by molar-refractivity contribution is -0.167. The van der Waals surface area contributed by atoms with E-state index >= 15 is 0 Å². The molecule has 37 nitrogen and oxygen atoms in total. The first-order chi connectivity index (χ1) is 46.3. The largest absolute Gasteiger partial charge is 0.478 e. The van der Waals surface area contributed by atoms with E-state index in [4.69, 9.17) is 48.1 Å². The summed E-state index contributed by atoms with van der Waals surface area (Å²) in [6.45, 7) is 20.4. The van der Waals surface area contributed by atoms with Crippen LogP contribution in [0.3, 0.4) is 0 Å². The highest BCUT2D eigenvalue weighted by molar-refractivity contribution is 14.1. The SMILES string of the molecule is CP(C)(=O)CO.Cc1cn([C@@H]2CC=CO2)c(=O)[nH]c1=O.Cc1cn([C@@H]2C[C@@H](I)[C@H](OCP(C)(C)=O)O2)c(=O)[nH]c1=O.Cc1cn([C@@H]2C[C@@H](O)[C@H](CO)O2)c(=O)[nH]c1=O.Cc1cn([C@@H]2C[C@@H](O)[C@H](OCP(C)(C)=O)O2)c(=O)[nH]c1=O.Cc1cn([C@@H]2C[C@H](O)[C@H](OCP(C)(C)=O)O2)c(=O)[nH]c1=O. The van der Waals surface area contributed by atoms with Crippen molar-refractivity contribution in [1.82, 2.24) is 47.8 Å². The summed E-state index contributed by atoms with van der Waals surface area (Å²) < 4.78 is 95.0. The summed E-state index contributed by atoms with van der Waals surface area (Å²) in [5.74, 6) is 0. The van der Waals surface area contributed by atoms with Crippen LogP contribution in [0.15, 0.2) is 91.3 Å². The number of alkyl halides is 1. The molecule has 0 aliphatic carbocycles. The summed E-state index contributed by atoms with van der Waals surface area (Å²) in [6.07, 6.45) is 3.48.